The molecule has 1 amide bonds. The third kappa shape index (κ3) is 5.56. The second kappa shape index (κ2) is 11.1. The largest absolute Gasteiger partial charge is 0.487 e. The summed E-state index contributed by atoms with van der Waals surface area (Å²) in [6, 6.07) is 5.32. The van der Waals surface area contributed by atoms with Gasteiger partial charge in [-0.15, -0.1) is 0 Å². The first-order chi connectivity index (χ1) is 18.7. The molecule has 2 aliphatic rings. The van der Waals surface area contributed by atoms with Crippen molar-refractivity contribution in [3.8, 4) is 5.75 Å². The molecule has 10 nitrogen and oxygen atoms in total. The highest BCUT2D eigenvalue weighted by Gasteiger charge is 2.32. The Morgan fingerprint density at radius 3 is 2.74 bits per heavy atom. The van der Waals surface area contributed by atoms with Crippen LogP contribution in [0, 0.1) is 11.6 Å². The summed E-state index contributed by atoms with van der Waals surface area (Å²) in [4.78, 5) is 14.9. The smallest absolute Gasteiger partial charge is 0.303 e. The lowest BCUT2D eigenvalue weighted by Gasteiger charge is -2.30. The van der Waals surface area contributed by atoms with E-state index in [1.807, 2.05) is 4.90 Å². The van der Waals surface area contributed by atoms with E-state index in [9.17, 15) is 17.6 Å². The van der Waals surface area contributed by atoms with Crippen molar-refractivity contribution in [1.29, 1.82) is 0 Å². The third-order valence-electron chi connectivity index (χ3n) is 7.26. The number of nitrogens with zero attached hydrogens (tertiary/aromatic N) is 4. The maximum atomic E-state index is 15.1. The van der Waals surface area contributed by atoms with Crippen molar-refractivity contribution in [2.75, 3.05) is 38.3 Å². The third-order valence-corrected chi connectivity index (χ3v) is 8.78. The number of fused-ring (bicyclic) bond motifs is 1. The molecule has 0 spiro atoms. The number of ether oxygens (including phenoxy) is 2. The molecule has 210 valence electrons. The minimum atomic E-state index is -4.01. The van der Waals surface area contributed by atoms with Gasteiger partial charge in [-0.2, -0.15) is 17.8 Å². The Hall–Kier alpha value is -3.29. The molecule has 5 rings (SSSR count). The van der Waals surface area contributed by atoms with Crippen molar-refractivity contribution in [2.24, 2.45) is 0 Å². The molecule has 0 bridgehead atoms. The highest BCUT2D eigenvalue weighted by molar-refractivity contribution is 7.87. The van der Waals surface area contributed by atoms with E-state index in [1.165, 1.54) is 23.8 Å². The van der Waals surface area contributed by atoms with Crippen LogP contribution in [-0.4, -0.2) is 67.7 Å². The van der Waals surface area contributed by atoms with Gasteiger partial charge in [-0.05, 0) is 31.0 Å². The Morgan fingerprint density at radius 1 is 1.23 bits per heavy atom. The van der Waals surface area contributed by atoms with Gasteiger partial charge in [0, 0.05) is 56.5 Å². The zero-order valence-electron chi connectivity index (χ0n) is 21.8. The number of carbonyl (C=O) groups excluding carboxylic acids is 1. The number of anilines is 1. The van der Waals surface area contributed by atoms with Gasteiger partial charge >= 0.3 is 10.2 Å². The van der Waals surface area contributed by atoms with Crippen molar-refractivity contribution >= 4 is 27.3 Å². The second-order valence-electron chi connectivity index (χ2n) is 9.71. The lowest BCUT2D eigenvalue weighted by Crippen LogP contribution is -2.41. The number of nitrogens with one attached hydrogen (secondary N) is 1. The number of aromatic nitrogens is 2. The van der Waals surface area contributed by atoms with Crippen LogP contribution >= 0.6 is 0 Å². The zero-order valence-corrected chi connectivity index (χ0v) is 22.6. The van der Waals surface area contributed by atoms with E-state index >= 15 is 4.39 Å². The monoisotopic (exact) mass is 563 g/mol. The maximum Gasteiger partial charge on any atom is 0.303 e. The Kier molecular flexibility index (Phi) is 7.74. The number of pyridine rings is 1. The van der Waals surface area contributed by atoms with Crippen LogP contribution in [0.1, 0.15) is 54.6 Å². The standard InChI is InChI=1S/C26H31F2N5O5S/c1-3-31(2)39(35,36)30-26(34)21-16-29-33-10-6-18(15-24(21)33)32-9-4-5-23(32)20-13-17(27)14-22(28)25(20)38-19-7-11-37-12-8-19/h6,10,13-16,19,23H,3-5,7-9,11-12H2,1-2H3,(H,30,34)/t23-/m1/s1. The van der Waals surface area contributed by atoms with Crippen LogP contribution in [-0.2, 0) is 14.9 Å². The van der Waals surface area contributed by atoms with Gasteiger partial charge in [0.15, 0.2) is 11.6 Å². The van der Waals surface area contributed by atoms with Gasteiger partial charge in [0.25, 0.3) is 5.91 Å². The molecule has 4 heterocycles. The molecule has 1 aromatic carbocycles. The average Bonchev–Trinajstić information content (AvgIpc) is 3.57. The summed E-state index contributed by atoms with van der Waals surface area (Å²) in [7, 11) is -2.64. The number of amides is 1. The van der Waals surface area contributed by atoms with Crippen molar-refractivity contribution < 1.29 is 31.5 Å². The summed E-state index contributed by atoms with van der Waals surface area (Å²) in [6.45, 7) is 3.51. The van der Waals surface area contributed by atoms with Gasteiger partial charge in [-0.25, -0.2) is 18.0 Å². The fourth-order valence-electron chi connectivity index (χ4n) is 5.05. The SMILES string of the molecule is CCN(C)S(=O)(=O)NC(=O)c1cnn2ccc(N3CCC[C@@H]3c3cc(F)cc(F)c3OC3CCOCC3)cc12. The summed E-state index contributed by atoms with van der Waals surface area (Å²) in [5, 5.41) is 4.18. The minimum Gasteiger partial charge on any atom is -0.487 e. The van der Waals surface area contributed by atoms with Crippen molar-refractivity contribution in [3.63, 3.8) is 0 Å². The molecular weight excluding hydrogens is 532 g/mol. The summed E-state index contributed by atoms with van der Waals surface area (Å²) in [5.74, 6) is -2.18. The number of hydrogen-bond donors (Lipinski definition) is 1. The number of hydrogen-bond acceptors (Lipinski definition) is 7. The Labute approximate surface area is 225 Å². The molecule has 13 heteroatoms. The summed E-state index contributed by atoms with van der Waals surface area (Å²) in [6.07, 6.45) is 5.41. The quantitative estimate of drug-likeness (QED) is 0.448. The van der Waals surface area contributed by atoms with Crippen LogP contribution in [0.25, 0.3) is 5.52 Å². The Bertz CT molecular complexity index is 1470. The van der Waals surface area contributed by atoms with Crippen LogP contribution in [0.3, 0.4) is 0 Å². The first kappa shape index (κ1) is 27.3. The predicted molar refractivity (Wildman–Crippen MR) is 140 cm³/mol. The first-order valence-electron chi connectivity index (χ1n) is 12.9. The molecule has 0 radical (unpaired) electrons. The summed E-state index contributed by atoms with van der Waals surface area (Å²) >= 11 is 0. The van der Waals surface area contributed by atoms with Gasteiger partial charge in [0.2, 0.25) is 0 Å². The van der Waals surface area contributed by atoms with Gasteiger partial charge in [0.05, 0.1) is 36.5 Å². The molecule has 3 aromatic rings. The molecule has 2 aromatic heterocycles. The van der Waals surface area contributed by atoms with Crippen LogP contribution in [0.15, 0.2) is 36.7 Å². The van der Waals surface area contributed by atoms with Gasteiger partial charge in [-0.3, -0.25) is 4.79 Å². The van der Waals surface area contributed by atoms with E-state index in [-0.39, 0.29) is 30.0 Å². The number of benzene rings is 1. The molecule has 2 saturated heterocycles. The molecule has 2 fully saturated rings. The fraction of sp³-hybridized carbons (Fsp3) is 0.462. The minimum absolute atomic E-state index is 0.0518. The fourth-order valence-corrected chi connectivity index (χ4v) is 5.89. The van der Waals surface area contributed by atoms with E-state index in [4.69, 9.17) is 9.47 Å². The normalized spacial score (nSPS) is 18.7. The highest BCUT2D eigenvalue weighted by atomic mass is 32.2. The van der Waals surface area contributed by atoms with Crippen LogP contribution in [0.5, 0.6) is 5.75 Å². The number of halogens is 2. The Balaban J connectivity index is 1.47. The van der Waals surface area contributed by atoms with Gasteiger partial charge < -0.3 is 14.4 Å². The highest BCUT2D eigenvalue weighted by Crippen LogP contribution is 2.42. The van der Waals surface area contributed by atoms with Crippen LogP contribution in [0.4, 0.5) is 14.5 Å². The molecule has 1 N–H and O–H groups in total. The lowest BCUT2D eigenvalue weighted by molar-refractivity contribution is 0.0234. The van der Waals surface area contributed by atoms with E-state index in [0.29, 0.717) is 55.8 Å². The van der Waals surface area contributed by atoms with Crippen molar-refractivity contribution in [1.82, 2.24) is 18.6 Å². The van der Waals surface area contributed by atoms with E-state index in [0.717, 1.165) is 16.8 Å². The molecule has 2 aliphatic heterocycles. The lowest BCUT2D eigenvalue weighted by atomic mass is 10.0. The predicted octanol–water partition coefficient (Wildman–Crippen LogP) is 3.44. The van der Waals surface area contributed by atoms with Crippen molar-refractivity contribution in [3.05, 3.63) is 59.4 Å². The Morgan fingerprint density at radius 2 is 2.00 bits per heavy atom. The van der Waals surface area contributed by atoms with Gasteiger partial charge in [0.1, 0.15) is 11.9 Å². The average molecular weight is 564 g/mol. The molecule has 39 heavy (non-hydrogen) atoms. The van der Waals surface area contributed by atoms with Crippen LogP contribution < -0.4 is 14.4 Å². The van der Waals surface area contributed by atoms with E-state index in [2.05, 4.69) is 9.82 Å². The summed E-state index contributed by atoms with van der Waals surface area (Å²) < 4.78 is 70.3. The molecule has 0 saturated carbocycles. The van der Waals surface area contributed by atoms with E-state index in [1.54, 1.807) is 25.3 Å². The van der Waals surface area contributed by atoms with Crippen LogP contribution in [0.2, 0.25) is 0 Å². The molecule has 0 aliphatic carbocycles. The van der Waals surface area contributed by atoms with Gasteiger partial charge in [-0.1, -0.05) is 6.92 Å². The first-order valence-corrected chi connectivity index (χ1v) is 14.4. The van der Waals surface area contributed by atoms with E-state index < -0.39 is 27.8 Å². The topological polar surface area (TPSA) is 105 Å². The summed E-state index contributed by atoms with van der Waals surface area (Å²) in [5.41, 5.74) is 1.61. The number of rotatable bonds is 8. The molecular formula is C26H31F2N5O5S. The zero-order chi connectivity index (χ0) is 27.7. The molecule has 0 unspecified atom stereocenters. The number of carbonyl (C=O) groups is 1. The second-order valence-corrected chi connectivity index (χ2v) is 11.5. The maximum absolute atomic E-state index is 15.1. The van der Waals surface area contributed by atoms with Crippen molar-refractivity contribution in [2.45, 2.75) is 44.8 Å². The molecule has 1 atom stereocenters.